The Morgan fingerprint density at radius 1 is 1.25 bits per heavy atom. The van der Waals surface area contributed by atoms with Crippen LogP contribution in [0.15, 0.2) is 18.3 Å². The number of hydrogen-bond donors (Lipinski definition) is 1. The van der Waals surface area contributed by atoms with Crippen molar-refractivity contribution in [2.45, 2.75) is 19.9 Å². The van der Waals surface area contributed by atoms with Crippen LogP contribution < -0.4 is 0 Å². The van der Waals surface area contributed by atoms with Gasteiger partial charge in [-0.3, -0.25) is 14.5 Å². The smallest absolute Gasteiger partial charge is 0.317 e. The first kappa shape index (κ1) is 14.6. The summed E-state index contributed by atoms with van der Waals surface area (Å²) in [5, 5.41) is 8.76. The molecule has 1 fully saturated rings. The van der Waals surface area contributed by atoms with E-state index in [1.807, 2.05) is 41.6 Å². The average molecular weight is 279 g/mol. The molecule has 6 heteroatoms. The second-order valence-electron chi connectivity index (χ2n) is 5.36. The van der Waals surface area contributed by atoms with Crippen LogP contribution in [0.4, 0.5) is 0 Å². The standard InChI is InChI=1S/C14H21N3O3/c1-11(2)17-5-3-4-12(17)14(20)16-8-6-15(7-9-16)10-13(18)19/h3-5,11H,6-10H2,1-2H3,(H,18,19). The number of piperazine rings is 1. The lowest BCUT2D eigenvalue weighted by molar-refractivity contribution is -0.138. The molecule has 2 rings (SSSR count). The van der Waals surface area contributed by atoms with Gasteiger partial charge in [0.15, 0.2) is 0 Å². The Hall–Kier alpha value is -1.82. The molecule has 1 aliphatic heterocycles. The van der Waals surface area contributed by atoms with E-state index in [2.05, 4.69) is 0 Å². The zero-order valence-corrected chi connectivity index (χ0v) is 12.0. The van der Waals surface area contributed by atoms with Gasteiger partial charge < -0.3 is 14.6 Å². The summed E-state index contributed by atoms with van der Waals surface area (Å²) < 4.78 is 1.96. The summed E-state index contributed by atoms with van der Waals surface area (Å²) in [5.41, 5.74) is 0.701. The highest BCUT2D eigenvalue weighted by atomic mass is 16.4. The van der Waals surface area contributed by atoms with Crippen LogP contribution in [0.2, 0.25) is 0 Å². The fourth-order valence-corrected chi connectivity index (χ4v) is 2.49. The summed E-state index contributed by atoms with van der Waals surface area (Å²) in [6.07, 6.45) is 1.92. The normalized spacial score (nSPS) is 16.6. The van der Waals surface area contributed by atoms with Crippen molar-refractivity contribution in [1.29, 1.82) is 0 Å². The maximum Gasteiger partial charge on any atom is 0.317 e. The second kappa shape index (κ2) is 6.09. The van der Waals surface area contributed by atoms with Crippen molar-refractivity contribution in [1.82, 2.24) is 14.4 Å². The van der Waals surface area contributed by atoms with E-state index in [-0.39, 0.29) is 18.5 Å². The Kier molecular flexibility index (Phi) is 4.44. The zero-order chi connectivity index (χ0) is 14.7. The molecule has 0 aliphatic carbocycles. The quantitative estimate of drug-likeness (QED) is 0.889. The lowest BCUT2D eigenvalue weighted by Crippen LogP contribution is -2.50. The van der Waals surface area contributed by atoms with Gasteiger partial charge in [-0.1, -0.05) is 0 Å². The van der Waals surface area contributed by atoms with Crippen LogP contribution in [-0.2, 0) is 4.79 Å². The molecule has 1 saturated heterocycles. The van der Waals surface area contributed by atoms with Crippen LogP contribution in [0.3, 0.4) is 0 Å². The number of hydrogen-bond acceptors (Lipinski definition) is 3. The maximum atomic E-state index is 12.5. The highest BCUT2D eigenvalue weighted by molar-refractivity contribution is 5.93. The van der Waals surface area contributed by atoms with E-state index < -0.39 is 5.97 Å². The van der Waals surface area contributed by atoms with E-state index in [9.17, 15) is 9.59 Å². The van der Waals surface area contributed by atoms with Crippen molar-refractivity contribution in [3.63, 3.8) is 0 Å². The molecule has 1 aromatic heterocycles. The lowest BCUT2D eigenvalue weighted by Gasteiger charge is -2.34. The highest BCUT2D eigenvalue weighted by Gasteiger charge is 2.25. The summed E-state index contributed by atoms with van der Waals surface area (Å²) in [6.45, 7) is 6.51. The summed E-state index contributed by atoms with van der Waals surface area (Å²) in [5.74, 6) is -0.794. The van der Waals surface area contributed by atoms with Crippen LogP contribution in [0, 0.1) is 0 Å². The first-order valence-corrected chi connectivity index (χ1v) is 6.89. The van der Waals surface area contributed by atoms with Crippen LogP contribution in [0.25, 0.3) is 0 Å². The molecule has 0 radical (unpaired) electrons. The molecule has 1 aromatic rings. The molecule has 0 aromatic carbocycles. The first-order chi connectivity index (χ1) is 9.49. The number of amides is 1. The molecule has 1 aliphatic rings. The predicted octanol–water partition coefficient (Wildman–Crippen LogP) is 0.911. The number of carboxylic acids is 1. The van der Waals surface area contributed by atoms with Crippen molar-refractivity contribution in [2.24, 2.45) is 0 Å². The lowest BCUT2D eigenvalue weighted by atomic mass is 10.2. The van der Waals surface area contributed by atoms with Gasteiger partial charge >= 0.3 is 5.97 Å². The first-order valence-electron chi connectivity index (χ1n) is 6.89. The minimum Gasteiger partial charge on any atom is -0.480 e. The number of carbonyl (C=O) groups excluding carboxylic acids is 1. The Balaban J connectivity index is 1.98. The Morgan fingerprint density at radius 2 is 1.90 bits per heavy atom. The Bertz CT molecular complexity index is 488. The molecule has 0 unspecified atom stereocenters. The Morgan fingerprint density at radius 3 is 2.45 bits per heavy atom. The molecule has 110 valence electrons. The zero-order valence-electron chi connectivity index (χ0n) is 12.0. The second-order valence-corrected chi connectivity index (χ2v) is 5.36. The molecular formula is C14H21N3O3. The number of aromatic nitrogens is 1. The third-order valence-electron chi connectivity index (χ3n) is 3.57. The summed E-state index contributed by atoms with van der Waals surface area (Å²) in [6, 6.07) is 3.97. The van der Waals surface area contributed by atoms with Crippen molar-refractivity contribution in [3.05, 3.63) is 24.0 Å². The van der Waals surface area contributed by atoms with Gasteiger partial charge in [-0.15, -0.1) is 0 Å². The van der Waals surface area contributed by atoms with E-state index in [0.29, 0.717) is 31.9 Å². The highest BCUT2D eigenvalue weighted by Crippen LogP contribution is 2.14. The molecule has 2 heterocycles. The van der Waals surface area contributed by atoms with Gasteiger partial charge in [0.05, 0.1) is 6.54 Å². The fraction of sp³-hybridized carbons (Fsp3) is 0.571. The third kappa shape index (κ3) is 3.19. The van der Waals surface area contributed by atoms with Crippen molar-refractivity contribution < 1.29 is 14.7 Å². The molecular weight excluding hydrogens is 258 g/mol. The Labute approximate surface area is 118 Å². The van der Waals surface area contributed by atoms with Crippen molar-refractivity contribution >= 4 is 11.9 Å². The van der Waals surface area contributed by atoms with Gasteiger partial charge in [-0.25, -0.2) is 0 Å². The van der Waals surface area contributed by atoms with Crippen molar-refractivity contribution in [2.75, 3.05) is 32.7 Å². The minimum atomic E-state index is -0.821. The van der Waals surface area contributed by atoms with Crippen LogP contribution in [0.1, 0.15) is 30.4 Å². The van der Waals surface area contributed by atoms with Gasteiger partial charge in [0.25, 0.3) is 5.91 Å². The maximum absolute atomic E-state index is 12.5. The van der Waals surface area contributed by atoms with Gasteiger partial charge in [0.1, 0.15) is 5.69 Å². The van der Waals surface area contributed by atoms with Crippen LogP contribution in [-0.4, -0.2) is 64.1 Å². The molecule has 20 heavy (non-hydrogen) atoms. The monoisotopic (exact) mass is 279 g/mol. The number of nitrogens with zero attached hydrogens (tertiary/aromatic N) is 3. The minimum absolute atomic E-state index is 0.0266. The molecule has 0 bridgehead atoms. The van der Waals surface area contributed by atoms with E-state index in [1.54, 1.807) is 4.90 Å². The molecule has 1 amide bonds. The summed E-state index contributed by atoms with van der Waals surface area (Å²) >= 11 is 0. The van der Waals surface area contributed by atoms with Gasteiger partial charge in [-0.2, -0.15) is 0 Å². The van der Waals surface area contributed by atoms with Crippen molar-refractivity contribution in [3.8, 4) is 0 Å². The average Bonchev–Trinajstić information content (AvgIpc) is 2.87. The molecule has 1 N–H and O–H groups in total. The number of carboxylic acid groups (broad SMARTS) is 1. The van der Waals surface area contributed by atoms with Gasteiger partial charge in [-0.05, 0) is 26.0 Å². The topological polar surface area (TPSA) is 65.8 Å². The molecule has 0 atom stereocenters. The van der Waals surface area contributed by atoms with E-state index in [1.165, 1.54) is 0 Å². The SMILES string of the molecule is CC(C)n1cccc1C(=O)N1CCN(CC(=O)O)CC1. The van der Waals surface area contributed by atoms with E-state index in [4.69, 9.17) is 5.11 Å². The fourth-order valence-electron chi connectivity index (χ4n) is 2.49. The predicted molar refractivity (Wildman–Crippen MR) is 74.8 cm³/mol. The number of carbonyl (C=O) groups is 2. The number of aliphatic carboxylic acids is 1. The largest absolute Gasteiger partial charge is 0.480 e. The molecule has 6 nitrogen and oxygen atoms in total. The van der Waals surface area contributed by atoms with Crippen LogP contribution in [0.5, 0.6) is 0 Å². The number of rotatable bonds is 4. The third-order valence-corrected chi connectivity index (χ3v) is 3.57. The van der Waals surface area contributed by atoms with Crippen LogP contribution >= 0.6 is 0 Å². The molecule has 0 spiro atoms. The van der Waals surface area contributed by atoms with Gasteiger partial charge in [0.2, 0.25) is 0 Å². The van der Waals surface area contributed by atoms with Gasteiger partial charge in [0, 0.05) is 38.4 Å². The van der Waals surface area contributed by atoms with E-state index in [0.717, 1.165) is 0 Å². The summed E-state index contributed by atoms with van der Waals surface area (Å²) in [4.78, 5) is 26.8. The molecule has 0 saturated carbocycles. The van der Waals surface area contributed by atoms with E-state index >= 15 is 0 Å². The summed E-state index contributed by atoms with van der Waals surface area (Å²) in [7, 11) is 0.